The van der Waals surface area contributed by atoms with Crippen LogP contribution in [0.3, 0.4) is 0 Å². The second kappa shape index (κ2) is 5.62. The minimum atomic E-state index is 0.101. The summed E-state index contributed by atoms with van der Waals surface area (Å²) in [5.74, 6) is 0.464. The fourth-order valence-electron chi connectivity index (χ4n) is 0.837. The molecular formula is C8H12ClN3O2. The molecule has 0 unspecified atom stereocenters. The van der Waals surface area contributed by atoms with Crippen molar-refractivity contribution in [2.45, 2.75) is 6.92 Å². The summed E-state index contributed by atoms with van der Waals surface area (Å²) in [6.07, 6.45) is 0. The van der Waals surface area contributed by atoms with E-state index in [-0.39, 0.29) is 11.1 Å². The van der Waals surface area contributed by atoms with Crippen molar-refractivity contribution in [1.29, 1.82) is 0 Å². The van der Waals surface area contributed by atoms with E-state index < -0.39 is 0 Å². The quantitative estimate of drug-likeness (QED) is 0.591. The molecule has 1 aromatic heterocycles. The Morgan fingerprint density at radius 2 is 2.21 bits per heavy atom. The van der Waals surface area contributed by atoms with Crippen LogP contribution >= 0.6 is 11.6 Å². The largest absolute Gasteiger partial charge is 0.475 e. The van der Waals surface area contributed by atoms with Crippen LogP contribution in [0.2, 0.25) is 5.15 Å². The van der Waals surface area contributed by atoms with Crippen molar-refractivity contribution in [2.24, 2.45) is 0 Å². The molecule has 0 aliphatic carbocycles. The van der Waals surface area contributed by atoms with Gasteiger partial charge in [0.05, 0.1) is 6.61 Å². The van der Waals surface area contributed by atoms with Crippen LogP contribution in [0.25, 0.3) is 0 Å². The molecule has 0 saturated heterocycles. The van der Waals surface area contributed by atoms with Crippen molar-refractivity contribution in [3.05, 3.63) is 11.2 Å². The van der Waals surface area contributed by atoms with Gasteiger partial charge in [-0.2, -0.15) is 4.98 Å². The molecule has 14 heavy (non-hydrogen) atoms. The minimum absolute atomic E-state index is 0.101. The number of nitrogen functional groups attached to an aromatic ring is 1. The van der Waals surface area contributed by atoms with Crippen LogP contribution in [-0.2, 0) is 4.74 Å². The number of aromatic nitrogens is 2. The molecule has 0 atom stereocenters. The summed E-state index contributed by atoms with van der Waals surface area (Å²) in [6.45, 7) is 3.51. The monoisotopic (exact) mass is 217 g/mol. The fraction of sp³-hybridized carbons (Fsp3) is 0.500. The molecule has 0 aromatic carbocycles. The summed E-state index contributed by atoms with van der Waals surface area (Å²) in [5, 5.41) is 0.268. The smallest absolute Gasteiger partial charge is 0.224 e. The summed E-state index contributed by atoms with van der Waals surface area (Å²) < 4.78 is 10.3. The van der Waals surface area contributed by atoms with Crippen LogP contribution in [-0.4, -0.2) is 29.8 Å². The molecule has 0 saturated carbocycles. The lowest BCUT2D eigenvalue weighted by Gasteiger charge is -2.05. The van der Waals surface area contributed by atoms with Crippen LogP contribution < -0.4 is 10.5 Å². The Balaban J connectivity index is 2.42. The average Bonchev–Trinajstić information content (AvgIpc) is 2.11. The number of hydrogen-bond donors (Lipinski definition) is 1. The van der Waals surface area contributed by atoms with Gasteiger partial charge in [-0.1, -0.05) is 11.6 Å². The lowest BCUT2D eigenvalue weighted by Crippen LogP contribution is -2.08. The highest BCUT2D eigenvalue weighted by Gasteiger charge is 2.00. The van der Waals surface area contributed by atoms with Gasteiger partial charge < -0.3 is 15.2 Å². The highest BCUT2D eigenvalue weighted by atomic mass is 35.5. The molecule has 0 spiro atoms. The molecule has 1 heterocycles. The van der Waals surface area contributed by atoms with Crippen molar-refractivity contribution in [3.8, 4) is 5.88 Å². The predicted molar refractivity (Wildman–Crippen MR) is 53.4 cm³/mol. The van der Waals surface area contributed by atoms with Gasteiger partial charge in [-0.25, -0.2) is 4.98 Å². The third kappa shape index (κ3) is 3.76. The van der Waals surface area contributed by atoms with E-state index in [9.17, 15) is 0 Å². The number of rotatable bonds is 5. The van der Waals surface area contributed by atoms with E-state index in [4.69, 9.17) is 26.8 Å². The Morgan fingerprint density at radius 3 is 2.86 bits per heavy atom. The number of nitrogens with zero attached hydrogens (tertiary/aromatic N) is 2. The molecule has 6 heteroatoms. The van der Waals surface area contributed by atoms with Crippen molar-refractivity contribution < 1.29 is 9.47 Å². The minimum Gasteiger partial charge on any atom is -0.475 e. The molecule has 0 aliphatic heterocycles. The van der Waals surface area contributed by atoms with Crippen LogP contribution in [0.15, 0.2) is 6.07 Å². The van der Waals surface area contributed by atoms with E-state index in [1.807, 2.05) is 6.92 Å². The van der Waals surface area contributed by atoms with Gasteiger partial charge in [0.2, 0.25) is 11.8 Å². The van der Waals surface area contributed by atoms with Gasteiger partial charge in [0.1, 0.15) is 11.8 Å². The van der Waals surface area contributed by atoms with Crippen molar-refractivity contribution >= 4 is 17.5 Å². The molecule has 78 valence electrons. The van der Waals surface area contributed by atoms with E-state index >= 15 is 0 Å². The van der Waals surface area contributed by atoms with Gasteiger partial charge in [0, 0.05) is 12.7 Å². The maximum Gasteiger partial charge on any atom is 0.224 e. The van der Waals surface area contributed by atoms with Crippen LogP contribution in [0, 0.1) is 0 Å². The van der Waals surface area contributed by atoms with Gasteiger partial charge in [-0.05, 0) is 6.92 Å². The van der Waals surface area contributed by atoms with Crippen LogP contribution in [0.1, 0.15) is 6.92 Å². The number of hydrogen-bond acceptors (Lipinski definition) is 5. The molecule has 1 rings (SSSR count). The zero-order chi connectivity index (χ0) is 10.4. The molecule has 0 amide bonds. The van der Waals surface area contributed by atoms with E-state index in [1.165, 1.54) is 6.07 Å². The normalized spacial score (nSPS) is 10.1. The first kappa shape index (κ1) is 11.0. The van der Waals surface area contributed by atoms with Crippen LogP contribution in [0.5, 0.6) is 5.88 Å². The topological polar surface area (TPSA) is 70.3 Å². The summed E-state index contributed by atoms with van der Waals surface area (Å²) in [7, 11) is 0. The van der Waals surface area contributed by atoms with E-state index in [0.717, 1.165) is 0 Å². The third-order valence-corrected chi connectivity index (χ3v) is 1.56. The van der Waals surface area contributed by atoms with E-state index in [1.54, 1.807) is 0 Å². The van der Waals surface area contributed by atoms with Crippen molar-refractivity contribution in [3.63, 3.8) is 0 Å². The number of ether oxygens (including phenoxy) is 2. The molecule has 0 aliphatic rings. The highest BCUT2D eigenvalue weighted by Crippen LogP contribution is 2.14. The molecule has 2 N–H and O–H groups in total. The average molecular weight is 218 g/mol. The van der Waals surface area contributed by atoms with Gasteiger partial charge in [-0.3, -0.25) is 0 Å². The first-order valence-electron chi connectivity index (χ1n) is 4.23. The van der Waals surface area contributed by atoms with E-state index in [2.05, 4.69) is 9.97 Å². The first-order chi connectivity index (χ1) is 6.72. The molecular weight excluding hydrogens is 206 g/mol. The second-order valence-corrected chi connectivity index (χ2v) is 2.82. The number of halogens is 1. The van der Waals surface area contributed by atoms with E-state index in [0.29, 0.717) is 25.7 Å². The molecule has 0 fully saturated rings. The Kier molecular flexibility index (Phi) is 4.42. The Labute approximate surface area is 87.2 Å². The third-order valence-electron chi connectivity index (χ3n) is 1.37. The lowest BCUT2D eigenvalue weighted by molar-refractivity contribution is 0.108. The fourth-order valence-corrected chi connectivity index (χ4v) is 1.02. The molecule has 0 radical (unpaired) electrons. The Bertz CT molecular complexity index is 276. The van der Waals surface area contributed by atoms with Crippen molar-refractivity contribution in [1.82, 2.24) is 9.97 Å². The summed E-state index contributed by atoms with van der Waals surface area (Å²) >= 11 is 5.65. The Morgan fingerprint density at radius 1 is 1.43 bits per heavy atom. The highest BCUT2D eigenvalue weighted by molar-refractivity contribution is 6.29. The maximum atomic E-state index is 5.65. The molecule has 0 bridgehead atoms. The number of nitrogens with two attached hydrogens (primary N) is 1. The predicted octanol–water partition coefficient (Wildman–Crippen LogP) is 1.13. The standard InChI is InChI=1S/C8H12ClN3O2/c1-2-13-3-4-14-7-5-6(9)11-8(10)12-7/h5H,2-4H2,1H3,(H2,10,11,12). The first-order valence-corrected chi connectivity index (χ1v) is 4.60. The van der Waals surface area contributed by atoms with Crippen LogP contribution in [0.4, 0.5) is 5.95 Å². The second-order valence-electron chi connectivity index (χ2n) is 2.43. The van der Waals surface area contributed by atoms with Gasteiger partial charge in [0.25, 0.3) is 0 Å². The maximum absolute atomic E-state index is 5.65. The van der Waals surface area contributed by atoms with Gasteiger partial charge in [-0.15, -0.1) is 0 Å². The lowest BCUT2D eigenvalue weighted by atomic mass is 10.6. The van der Waals surface area contributed by atoms with Crippen molar-refractivity contribution in [2.75, 3.05) is 25.6 Å². The SMILES string of the molecule is CCOCCOc1cc(Cl)nc(N)n1. The zero-order valence-electron chi connectivity index (χ0n) is 7.86. The molecule has 1 aromatic rings. The van der Waals surface area contributed by atoms with Gasteiger partial charge in [0.15, 0.2) is 0 Å². The number of anilines is 1. The summed E-state index contributed by atoms with van der Waals surface area (Å²) in [5.41, 5.74) is 5.37. The Hall–Kier alpha value is -1.07. The zero-order valence-corrected chi connectivity index (χ0v) is 8.62. The summed E-state index contributed by atoms with van der Waals surface area (Å²) in [6, 6.07) is 1.50. The van der Waals surface area contributed by atoms with Gasteiger partial charge >= 0.3 is 0 Å². The molecule has 5 nitrogen and oxygen atoms in total. The summed E-state index contributed by atoms with van der Waals surface area (Å²) in [4.78, 5) is 7.54.